The Morgan fingerprint density at radius 2 is 1.78 bits per heavy atom. The smallest absolute Gasteiger partial charge is 0.145 e. The zero-order valence-corrected chi connectivity index (χ0v) is 10.9. The molecule has 2 aromatic rings. The first-order chi connectivity index (χ1) is 8.72. The fraction of sp³-hybridized carbons (Fsp3) is 0.333. The zero-order valence-electron chi connectivity index (χ0n) is 10.9. The predicted molar refractivity (Wildman–Crippen MR) is 74.4 cm³/mol. The van der Waals surface area contributed by atoms with Crippen LogP contribution in [0.15, 0.2) is 36.7 Å². The van der Waals surface area contributed by atoms with Crippen molar-refractivity contribution in [1.29, 1.82) is 0 Å². The molecule has 2 N–H and O–H groups in total. The van der Waals surface area contributed by atoms with Gasteiger partial charge in [-0.2, -0.15) is 0 Å². The number of aromatic nitrogens is 2. The Morgan fingerprint density at radius 1 is 1.11 bits per heavy atom. The highest BCUT2D eigenvalue weighted by atomic mass is 14.9. The number of hydrogen-bond acceptors (Lipinski definition) is 3. The van der Waals surface area contributed by atoms with E-state index in [0.29, 0.717) is 5.82 Å². The molecule has 0 amide bonds. The highest BCUT2D eigenvalue weighted by Gasteiger charge is 2.17. The van der Waals surface area contributed by atoms with Crippen LogP contribution < -0.4 is 5.73 Å². The summed E-state index contributed by atoms with van der Waals surface area (Å²) >= 11 is 0. The number of hydrogen-bond donors (Lipinski definition) is 1. The molecule has 0 aliphatic rings. The minimum atomic E-state index is 0.240. The van der Waals surface area contributed by atoms with Gasteiger partial charge in [-0.15, -0.1) is 0 Å². The maximum Gasteiger partial charge on any atom is 0.145 e. The first-order valence-electron chi connectivity index (χ1n) is 6.35. The second-order valence-corrected chi connectivity index (χ2v) is 4.58. The minimum absolute atomic E-state index is 0.240. The van der Waals surface area contributed by atoms with E-state index < -0.39 is 0 Å². The third-order valence-electron chi connectivity index (χ3n) is 3.14. The van der Waals surface area contributed by atoms with Gasteiger partial charge in [-0.1, -0.05) is 43.2 Å². The molecule has 2 rings (SSSR count). The van der Waals surface area contributed by atoms with E-state index in [-0.39, 0.29) is 5.92 Å². The van der Waals surface area contributed by atoms with Crippen LogP contribution in [-0.2, 0) is 0 Å². The number of anilines is 1. The molecule has 0 saturated carbocycles. The van der Waals surface area contributed by atoms with Crippen molar-refractivity contribution in [3.63, 3.8) is 0 Å². The molecule has 0 saturated heterocycles. The van der Waals surface area contributed by atoms with Crippen LogP contribution in [0.2, 0.25) is 0 Å². The van der Waals surface area contributed by atoms with E-state index in [2.05, 4.69) is 48.1 Å². The Labute approximate surface area is 108 Å². The number of nitrogen functional groups attached to an aromatic ring is 1. The van der Waals surface area contributed by atoms with Gasteiger partial charge in [0.05, 0.1) is 5.69 Å². The van der Waals surface area contributed by atoms with Crippen molar-refractivity contribution in [2.45, 2.75) is 32.6 Å². The topological polar surface area (TPSA) is 51.8 Å². The predicted octanol–water partition coefficient (Wildman–Crippen LogP) is 3.30. The van der Waals surface area contributed by atoms with Gasteiger partial charge in [0.2, 0.25) is 0 Å². The van der Waals surface area contributed by atoms with Crippen LogP contribution in [0.25, 0.3) is 0 Å². The Bertz CT molecular complexity index is 505. The summed E-state index contributed by atoms with van der Waals surface area (Å²) in [5.74, 6) is 0.779. The lowest BCUT2D eigenvalue weighted by molar-refractivity contribution is 0.679. The summed E-state index contributed by atoms with van der Waals surface area (Å²) in [5, 5.41) is 0. The van der Waals surface area contributed by atoms with Gasteiger partial charge in [-0.3, -0.25) is 4.98 Å². The maximum absolute atomic E-state index is 5.95. The Balaban J connectivity index is 2.40. The van der Waals surface area contributed by atoms with Crippen LogP contribution >= 0.6 is 0 Å². The molecule has 3 heteroatoms. The first kappa shape index (κ1) is 12.6. The quantitative estimate of drug-likeness (QED) is 0.893. The maximum atomic E-state index is 5.95. The Morgan fingerprint density at radius 3 is 2.39 bits per heavy atom. The second-order valence-electron chi connectivity index (χ2n) is 4.58. The van der Waals surface area contributed by atoms with Gasteiger partial charge in [0.1, 0.15) is 5.82 Å². The van der Waals surface area contributed by atoms with Gasteiger partial charge in [0.25, 0.3) is 0 Å². The van der Waals surface area contributed by atoms with Crippen molar-refractivity contribution in [3.05, 3.63) is 53.5 Å². The molecular formula is C15H19N3. The fourth-order valence-corrected chi connectivity index (χ4v) is 2.18. The van der Waals surface area contributed by atoms with E-state index in [4.69, 9.17) is 5.73 Å². The van der Waals surface area contributed by atoms with Crippen LogP contribution in [0.1, 0.15) is 42.5 Å². The minimum Gasteiger partial charge on any atom is -0.382 e. The van der Waals surface area contributed by atoms with Gasteiger partial charge in [-0.05, 0) is 18.9 Å². The highest BCUT2D eigenvalue weighted by Crippen LogP contribution is 2.30. The SMILES string of the molecule is CCCC(c1ccc(C)cc1)c1nccnc1N. The van der Waals surface area contributed by atoms with E-state index in [9.17, 15) is 0 Å². The van der Waals surface area contributed by atoms with Crippen LogP contribution in [-0.4, -0.2) is 9.97 Å². The molecule has 0 aliphatic heterocycles. The molecule has 1 unspecified atom stereocenters. The number of benzene rings is 1. The van der Waals surface area contributed by atoms with Crippen molar-refractivity contribution in [2.24, 2.45) is 0 Å². The van der Waals surface area contributed by atoms with Crippen LogP contribution in [0, 0.1) is 6.92 Å². The van der Waals surface area contributed by atoms with E-state index in [1.165, 1.54) is 11.1 Å². The Kier molecular flexibility index (Phi) is 3.92. The molecule has 0 bridgehead atoms. The van der Waals surface area contributed by atoms with Gasteiger partial charge in [0.15, 0.2) is 0 Å². The highest BCUT2D eigenvalue weighted by molar-refractivity contribution is 5.41. The molecule has 94 valence electrons. The van der Waals surface area contributed by atoms with Gasteiger partial charge in [-0.25, -0.2) is 4.98 Å². The van der Waals surface area contributed by atoms with Crippen molar-refractivity contribution in [3.8, 4) is 0 Å². The molecule has 0 radical (unpaired) electrons. The summed E-state index contributed by atoms with van der Waals surface area (Å²) in [4.78, 5) is 8.55. The number of nitrogens with two attached hydrogens (primary N) is 1. The summed E-state index contributed by atoms with van der Waals surface area (Å²) in [5.41, 5.74) is 9.36. The lowest BCUT2D eigenvalue weighted by atomic mass is 9.90. The van der Waals surface area contributed by atoms with Crippen LogP contribution in [0.5, 0.6) is 0 Å². The molecule has 0 fully saturated rings. The normalized spacial score (nSPS) is 12.3. The van der Waals surface area contributed by atoms with Gasteiger partial charge >= 0.3 is 0 Å². The lowest BCUT2D eigenvalue weighted by Gasteiger charge is -2.17. The van der Waals surface area contributed by atoms with Gasteiger partial charge in [0, 0.05) is 18.3 Å². The summed E-state index contributed by atoms with van der Waals surface area (Å²) in [6, 6.07) is 8.57. The lowest BCUT2D eigenvalue weighted by Crippen LogP contribution is -2.08. The Hall–Kier alpha value is -1.90. The fourth-order valence-electron chi connectivity index (χ4n) is 2.18. The summed E-state index contributed by atoms with van der Waals surface area (Å²) in [6.07, 6.45) is 5.47. The largest absolute Gasteiger partial charge is 0.382 e. The second kappa shape index (κ2) is 5.63. The first-order valence-corrected chi connectivity index (χ1v) is 6.35. The van der Waals surface area contributed by atoms with Crippen molar-refractivity contribution >= 4 is 5.82 Å². The zero-order chi connectivity index (χ0) is 13.0. The molecule has 1 heterocycles. The summed E-state index contributed by atoms with van der Waals surface area (Å²) in [7, 11) is 0. The molecule has 1 aromatic heterocycles. The monoisotopic (exact) mass is 241 g/mol. The molecule has 18 heavy (non-hydrogen) atoms. The van der Waals surface area contributed by atoms with E-state index in [1.54, 1.807) is 12.4 Å². The average molecular weight is 241 g/mol. The standard InChI is InChI=1S/C15H19N3/c1-3-4-13(12-7-5-11(2)6-8-12)14-15(16)18-10-9-17-14/h5-10,13H,3-4H2,1-2H3,(H2,16,18). The third kappa shape index (κ3) is 2.67. The summed E-state index contributed by atoms with van der Waals surface area (Å²) in [6.45, 7) is 4.27. The van der Waals surface area contributed by atoms with E-state index in [0.717, 1.165) is 18.5 Å². The van der Waals surface area contributed by atoms with Crippen molar-refractivity contribution in [1.82, 2.24) is 9.97 Å². The van der Waals surface area contributed by atoms with Crippen molar-refractivity contribution in [2.75, 3.05) is 5.73 Å². The number of nitrogens with zero attached hydrogens (tertiary/aromatic N) is 2. The third-order valence-corrected chi connectivity index (χ3v) is 3.14. The molecular weight excluding hydrogens is 222 g/mol. The molecule has 3 nitrogen and oxygen atoms in total. The van der Waals surface area contributed by atoms with E-state index in [1.807, 2.05) is 0 Å². The van der Waals surface area contributed by atoms with Crippen LogP contribution in [0.3, 0.4) is 0 Å². The van der Waals surface area contributed by atoms with Crippen molar-refractivity contribution < 1.29 is 0 Å². The number of rotatable bonds is 4. The molecule has 0 aliphatic carbocycles. The van der Waals surface area contributed by atoms with Crippen LogP contribution in [0.4, 0.5) is 5.82 Å². The number of aryl methyl sites for hydroxylation is 1. The van der Waals surface area contributed by atoms with E-state index >= 15 is 0 Å². The molecule has 1 atom stereocenters. The molecule has 0 spiro atoms. The molecule has 1 aromatic carbocycles. The summed E-state index contributed by atoms with van der Waals surface area (Å²) < 4.78 is 0. The average Bonchev–Trinajstić information content (AvgIpc) is 2.38. The van der Waals surface area contributed by atoms with Gasteiger partial charge < -0.3 is 5.73 Å².